The third-order valence-electron chi connectivity index (χ3n) is 5.32. The quantitative estimate of drug-likeness (QED) is 0.251. The normalized spacial score (nSPS) is 17.0. The highest BCUT2D eigenvalue weighted by Gasteiger charge is 2.30. The predicted molar refractivity (Wildman–Crippen MR) is 132 cm³/mol. The number of carbonyl (C=O) groups is 1. The molecule has 0 saturated carbocycles. The number of aryl methyl sites for hydroxylation is 1. The Morgan fingerprint density at radius 2 is 2.00 bits per heavy atom. The van der Waals surface area contributed by atoms with Crippen molar-refractivity contribution in [2.75, 3.05) is 47.3 Å². The van der Waals surface area contributed by atoms with Gasteiger partial charge in [-0.2, -0.15) is 0 Å². The number of amides is 1. The molecule has 1 atom stereocenters. The third kappa shape index (κ3) is 7.77. The number of carbonyl (C=O) groups excluding carboxylic acids is 1. The SMILES string of the molecule is CCNC(=NCCCN1CCCC1C(=O)N(C)C)N(C)Cc1ccccc1C.I. The summed E-state index contributed by atoms with van der Waals surface area (Å²) in [6.45, 7) is 8.63. The molecule has 1 aromatic carbocycles. The number of halogens is 1. The zero-order valence-corrected chi connectivity index (χ0v) is 21.0. The molecule has 1 aliphatic heterocycles. The van der Waals surface area contributed by atoms with Crippen LogP contribution in [0.25, 0.3) is 0 Å². The van der Waals surface area contributed by atoms with Crippen molar-refractivity contribution < 1.29 is 4.79 Å². The van der Waals surface area contributed by atoms with Crippen molar-refractivity contribution in [3.8, 4) is 0 Å². The molecular formula is C22H38IN5O. The van der Waals surface area contributed by atoms with Gasteiger partial charge in [0, 0.05) is 47.3 Å². The molecule has 1 aromatic rings. The lowest BCUT2D eigenvalue weighted by Gasteiger charge is -2.26. The minimum absolute atomic E-state index is 0. The molecule has 29 heavy (non-hydrogen) atoms. The summed E-state index contributed by atoms with van der Waals surface area (Å²) in [4.78, 5) is 23.3. The maximum atomic E-state index is 12.3. The van der Waals surface area contributed by atoms with E-state index in [-0.39, 0.29) is 35.9 Å². The van der Waals surface area contributed by atoms with Crippen molar-refractivity contribution in [1.82, 2.24) is 20.0 Å². The van der Waals surface area contributed by atoms with E-state index in [1.54, 1.807) is 4.90 Å². The lowest BCUT2D eigenvalue weighted by atomic mass is 10.1. The number of nitrogens with zero attached hydrogens (tertiary/aromatic N) is 4. The van der Waals surface area contributed by atoms with Gasteiger partial charge < -0.3 is 15.1 Å². The highest BCUT2D eigenvalue weighted by molar-refractivity contribution is 14.0. The molecule has 1 fully saturated rings. The zero-order valence-electron chi connectivity index (χ0n) is 18.6. The molecule has 7 heteroatoms. The lowest BCUT2D eigenvalue weighted by Crippen LogP contribution is -2.43. The van der Waals surface area contributed by atoms with Gasteiger partial charge in [-0.15, -0.1) is 24.0 Å². The topological polar surface area (TPSA) is 51.2 Å². The number of hydrogen-bond donors (Lipinski definition) is 1. The maximum Gasteiger partial charge on any atom is 0.239 e. The molecule has 6 nitrogen and oxygen atoms in total. The van der Waals surface area contributed by atoms with Crippen LogP contribution >= 0.6 is 24.0 Å². The largest absolute Gasteiger partial charge is 0.357 e. The molecule has 1 aliphatic rings. The summed E-state index contributed by atoms with van der Waals surface area (Å²) in [6.07, 6.45) is 3.04. The van der Waals surface area contributed by atoms with E-state index in [0.29, 0.717) is 0 Å². The van der Waals surface area contributed by atoms with Crippen LogP contribution in [0.5, 0.6) is 0 Å². The number of likely N-dealkylation sites (N-methyl/N-ethyl adjacent to an activating group) is 1. The highest BCUT2D eigenvalue weighted by atomic mass is 127. The van der Waals surface area contributed by atoms with Gasteiger partial charge in [-0.3, -0.25) is 14.7 Å². The first-order chi connectivity index (χ1) is 13.4. The summed E-state index contributed by atoms with van der Waals surface area (Å²) < 4.78 is 0. The Hall–Kier alpha value is -1.35. The van der Waals surface area contributed by atoms with Crippen molar-refractivity contribution in [2.24, 2.45) is 4.99 Å². The van der Waals surface area contributed by atoms with Crippen molar-refractivity contribution >= 4 is 35.8 Å². The second-order valence-corrected chi connectivity index (χ2v) is 7.80. The van der Waals surface area contributed by atoms with Crippen LogP contribution in [-0.2, 0) is 11.3 Å². The first kappa shape index (κ1) is 25.7. The summed E-state index contributed by atoms with van der Waals surface area (Å²) in [5.41, 5.74) is 2.62. The smallest absolute Gasteiger partial charge is 0.239 e. The molecule has 164 valence electrons. The lowest BCUT2D eigenvalue weighted by molar-refractivity contribution is -0.133. The molecule has 0 aliphatic carbocycles. The number of nitrogens with one attached hydrogen (secondary N) is 1. The molecule has 0 bridgehead atoms. The Morgan fingerprint density at radius 1 is 1.28 bits per heavy atom. The van der Waals surface area contributed by atoms with E-state index < -0.39 is 0 Å². The second-order valence-electron chi connectivity index (χ2n) is 7.80. The van der Waals surface area contributed by atoms with E-state index in [1.165, 1.54) is 11.1 Å². The average Bonchev–Trinajstić information content (AvgIpc) is 3.13. The number of benzene rings is 1. The van der Waals surface area contributed by atoms with Crippen LogP contribution in [0.4, 0.5) is 0 Å². The first-order valence-electron chi connectivity index (χ1n) is 10.4. The fraction of sp³-hybridized carbons (Fsp3) is 0.636. The Bertz CT molecular complexity index is 664. The standard InChI is InChI=1S/C22H37N5O.HI/c1-6-23-22(26(5)17-19-12-8-7-11-18(19)2)24-14-10-16-27-15-9-13-20(27)21(28)25(3)4;/h7-8,11-12,20H,6,9-10,13-17H2,1-5H3,(H,23,24);1H. The van der Waals surface area contributed by atoms with Gasteiger partial charge in [0.15, 0.2) is 5.96 Å². The number of guanidine groups is 1. The van der Waals surface area contributed by atoms with Gasteiger partial charge in [0.2, 0.25) is 5.91 Å². The molecule has 0 spiro atoms. The van der Waals surface area contributed by atoms with Gasteiger partial charge in [0.05, 0.1) is 6.04 Å². The van der Waals surface area contributed by atoms with Crippen LogP contribution in [0.2, 0.25) is 0 Å². The van der Waals surface area contributed by atoms with Gasteiger partial charge in [-0.25, -0.2) is 0 Å². The molecule has 1 saturated heterocycles. The van der Waals surface area contributed by atoms with Gasteiger partial charge in [-0.05, 0) is 50.8 Å². The Labute approximate surface area is 193 Å². The predicted octanol–water partition coefficient (Wildman–Crippen LogP) is 2.95. The van der Waals surface area contributed by atoms with Crippen molar-refractivity contribution in [3.63, 3.8) is 0 Å². The Balaban J connectivity index is 0.00000420. The van der Waals surface area contributed by atoms with E-state index >= 15 is 0 Å². The second kappa shape index (κ2) is 13.1. The van der Waals surface area contributed by atoms with Crippen LogP contribution < -0.4 is 5.32 Å². The molecule has 1 amide bonds. The fourth-order valence-corrected chi connectivity index (χ4v) is 3.72. The van der Waals surface area contributed by atoms with E-state index in [4.69, 9.17) is 4.99 Å². The van der Waals surface area contributed by atoms with E-state index in [0.717, 1.165) is 57.9 Å². The Morgan fingerprint density at radius 3 is 2.66 bits per heavy atom. The number of aliphatic imine (C=N–C) groups is 1. The van der Waals surface area contributed by atoms with E-state index in [2.05, 4.69) is 60.3 Å². The highest BCUT2D eigenvalue weighted by Crippen LogP contribution is 2.18. The van der Waals surface area contributed by atoms with Crippen LogP contribution in [0, 0.1) is 6.92 Å². The van der Waals surface area contributed by atoms with Gasteiger partial charge in [0.1, 0.15) is 0 Å². The first-order valence-corrected chi connectivity index (χ1v) is 10.4. The number of likely N-dealkylation sites (tertiary alicyclic amines) is 1. The van der Waals surface area contributed by atoms with Gasteiger partial charge >= 0.3 is 0 Å². The van der Waals surface area contributed by atoms with E-state index in [1.807, 2.05) is 14.1 Å². The average molecular weight is 515 g/mol. The number of rotatable bonds is 8. The van der Waals surface area contributed by atoms with Crippen LogP contribution in [-0.4, -0.2) is 79.9 Å². The fourth-order valence-electron chi connectivity index (χ4n) is 3.72. The minimum Gasteiger partial charge on any atom is -0.357 e. The Kier molecular flexibility index (Phi) is 11.6. The molecule has 0 aromatic heterocycles. The van der Waals surface area contributed by atoms with Gasteiger partial charge in [0.25, 0.3) is 0 Å². The summed E-state index contributed by atoms with van der Waals surface area (Å²) >= 11 is 0. The molecule has 1 N–H and O–H groups in total. The van der Waals surface area contributed by atoms with Crippen molar-refractivity contribution in [3.05, 3.63) is 35.4 Å². The maximum absolute atomic E-state index is 12.3. The molecule has 1 unspecified atom stereocenters. The zero-order chi connectivity index (χ0) is 20.5. The third-order valence-corrected chi connectivity index (χ3v) is 5.32. The molecular weight excluding hydrogens is 477 g/mol. The number of hydrogen-bond acceptors (Lipinski definition) is 3. The van der Waals surface area contributed by atoms with E-state index in [9.17, 15) is 4.79 Å². The summed E-state index contributed by atoms with van der Waals surface area (Å²) in [6, 6.07) is 8.53. The van der Waals surface area contributed by atoms with Crippen LogP contribution in [0.15, 0.2) is 29.3 Å². The van der Waals surface area contributed by atoms with Crippen molar-refractivity contribution in [2.45, 2.75) is 45.7 Å². The van der Waals surface area contributed by atoms with Crippen molar-refractivity contribution in [1.29, 1.82) is 0 Å². The molecule has 0 radical (unpaired) electrons. The van der Waals surface area contributed by atoms with Crippen LogP contribution in [0.1, 0.15) is 37.3 Å². The molecule has 2 rings (SSSR count). The monoisotopic (exact) mass is 515 g/mol. The van der Waals surface area contributed by atoms with Crippen LogP contribution in [0.3, 0.4) is 0 Å². The summed E-state index contributed by atoms with van der Waals surface area (Å²) in [5.74, 6) is 1.17. The summed E-state index contributed by atoms with van der Waals surface area (Å²) in [7, 11) is 5.77. The molecule has 1 heterocycles. The minimum atomic E-state index is 0. The summed E-state index contributed by atoms with van der Waals surface area (Å²) in [5, 5.41) is 3.39. The van der Waals surface area contributed by atoms with Gasteiger partial charge in [-0.1, -0.05) is 24.3 Å².